The maximum Gasteiger partial charge on any atom is 0.255 e. The van der Waals surface area contributed by atoms with E-state index < -0.39 is 0 Å². The van der Waals surface area contributed by atoms with Gasteiger partial charge in [-0.15, -0.1) is 11.3 Å². The van der Waals surface area contributed by atoms with Gasteiger partial charge in [-0.25, -0.2) is 4.98 Å². The Morgan fingerprint density at radius 3 is 2.68 bits per heavy atom. The molecule has 1 amide bonds. The molecule has 3 aromatic rings. The van der Waals surface area contributed by atoms with Crippen LogP contribution in [0.3, 0.4) is 0 Å². The number of nitrogens with one attached hydrogen (secondary N) is 1. The van der Waals surface area contributed by atoms with Crippen LogP contribution in [0.2, 0.25) is 0 Å². The first kappa shape index (κ1) is 17.2. The molecule has 0 saturated heterocycles. The van der Waals surface area contributed by atoms with Gasteiger partial charge in [0, 0.05) is 16.6 Å². The number of aromatic nitrogens is 1. The second-order valence-electron chi connectivity index (χ2n) is 6.03. The monoisotopic (exact) mass is 352 g/mol. The van der Waals surface area contributed by atoms with Gasteiger partial charge in [-0.2, -0.15) is 0 Å². The molecular formula is C20H20N2O2S. The second kappa shape index (κ2) is 7.94. The number of benzene rings is 2. The predicted octanol–water partition coefficient (Wildman–Crippen LogP) is 5.10. The molecule has 1 N–H and O–H groups in total. The highest BCUT2D eigenvalue weighted by molar-refractivity contribution is 7.07. The summed E-state index contributed by atoms with van der Waals surface area (Å²) in [5, 5.41) is 4.89. The summed E-state index contributed by atoms with van der Waals surface area (Å²) >= 11 is 1.54. The summed E-state index contributed by atoms with van der Waals surface area (Å²) in [5.41, 5.74) is 5.27. The molecule has 0 unspecified atom stereocenters. The van der Waals surface area contributed by atoms with E-state index >= 15 is 0 Å². The van der Waals surface area contributed by atoms with Crippen molar-refractivity contribution in [3.8, 4) is 5.75 Å². The molecule has 128 valence electrons. The third-order valence-corrected chi connectivity index (χ3v) is 4.43. The van der Waals surface area contributed by atoms with Crippen LogP contribution in [0.4, 0.5) is 5.69 Å². The zero-order valence-electron chi connectivity index (χ0n) is 14.2. The van der Waals surface area contributed by atoms with Crippen molar-refractivity contribution >= 4 is 22.9 Å². The topological polar surface area (TPSA) is 51.2 Å². The SMILES string of the molecule is CC(C)c1cccc(NC(=O)c2ccc(OCc3cscn3)cc2)c1. The highest BCUT2D eigenvalue weighted by Gasteiger charge is 2.08. The quantitative estimate of drug-likeness (QED) is 0.671. The molecule has 0 aliphatic rings. The summed E-state index contributed by atoms with van der Waals surface area (Å²) in [7, 11) is 0. The van der Waals surface area contributed by atoms with E-state index in [2.05, 4.69) is 30.2 Å². The summed E-state index contributed by atoms with van der Waals surface area (Å²) in [6.45, 7) is 4.69. The van der Waals surface area contributed by atoms with Crippen LogP contribution in [0.1, 0.15) is 41.4 Å². The van der Waals surface area contributed by atoms with E-state index in [0.29, 0.717) is 23.8 Å². The van der Waals surface area contributed by atoms with E-state index in [0.717, 1.165) is 11.4 Å². The molecule has 0 fully saturated rings. The Morgan fingerprint density at radius 2 is 2.00 bits per heavy atom. The highest BCUT2D eigenvalue weighted by atomic mass is 32.1. The number of anilines is 1. The van der Waals surface area contributed by atoms with Crippen molar-refractivity contribution in [1.82, 2.24) is 4.98 Å². The Morgan fingerprint density at radius 1 is 1.20 bits per heavy atom. The van der Waals surface area contributed by atoms with E-state index in [1.165, 1.54) is 5.56 Å². The Balaban J connectivity index is 1.61. The number of nitrogens with zero attached hydrogens (tertiary/aromatic N) is 1. The van der Waals surface area contributed by atoms with Crippen LogP contribution in [0.25, 0.3) is 0 Å². The van der Waals surface area contributed by atoms with Crippen LogP contribution in [0.15, 0.2) is 59.4 Å². The highest BCUT2D eigenvalue weighted by Crippen LogP contribution is 2.20. The number of carbonyl (C=O) groups is 1. The normalized spacial score (nSPS) is 10.7. The van der Waals surface area contributed by atoms with Crippen LogP contribution in [-0.4, -0.2) is 10.9 Å². The summed E-state index contributed by atoms with van der Waals surface area (Å²) in [4.78, 5) is 16.6. The lowest BCUT2D eigenvalue weighted by Crippen LogP contribution is -2.12. The standard InChI is InChI=1S/C20H20N2O2S/c1-14(2)16-4-3-5-17(10-16)22-20(23)15-6-8-19(9-7-15)24-11-18-12-25-13-21-18/h3-10,12-14H,11H2,1-2H3,(H,22,23). The second-order valence-corrected chi connectivity index (χ2v) is 6.75. The molecule has 3 rings (SSSR count). The molecule has 0 bridgehead atoms. The van der Waals surface area contributed by atoms with E-state index in [1.807, 2.05) is 23.6 Å². The minimum absolute atomic E-state index is 0.132. The first-order chi connectivity index (χ1) is 12.1. The summed E-state index contributed by atoms with van der Waals surface area (Å²) < 4.78 is 5.66. The Bertz CT molecular complexity index is 827. The van der Waals surface area contributed by atoms with Gasteiger partial charge >= 0.3 is 0 Å². The number of amides is 1. The van der Waals surface area contributed by atoms with E-state index in [-0.39, 0.29) is 5.91 Å². The number of ether oxygens (including phenoxy) is 1. The van der Waals surface area contributed by atoms with Crippen molar-refractivity contribution in [3.05, 3.63) is 76.2 Å². The van der Waals surface area contributed by atoms with Gasteiger partial charge in [-0.3, -0.25) is 4.79 Å². The van der Waals surface area contributed by atoms with E-state index in [9.17, 15) is 4.79 Å². The molecular weight excluding hydrogens is 332 g/mol. The van der Waals surface area contributed by atoms with Crippen LogP contribution < -0.4 is 10.1 Å². The molecule has 25 heavy (non-hydrogen) atoms. The third kappa shape index (κ3) is 4.67. The molecule has 1 aromatic heterocycles. The minimum atomic E-state index is -0.132. The first-order valence-electron chi connectivity index (χ1n) is 8.13. The Hall–Kier alpha value is -2.66. The molecule has 0 aliphatic carbocycles. The molecule has 4 nitrogen and oxygen atoms in total. The molecule has 1 heterocycles. The van der Waals surface area contributed by atoms with Crippen molar-refractivity contribution in [2.45, 2.75) is 26.4 Å². The number of rotatable bonds is 6. The van der Waals surface area contributed by atoms with E-state index in [1.54, 1.807) is 41.1 Å². The minimum Gasteiger partial charge on any atom is -0.487 e. The maximum atomic E-state index is 12.4. The van der Waals surface area contributed by atoms with Crippen molar-refractivity contribution < 1.29 is 9.53 Å². The molecule has 2 aromatic carbocycles. The third-order valence-electron chi connectivity index (χ3n) is 3.80. The average molecular weight is 352 g/mol. The van der Waals surface area contributed by atoms with Gasteiger partial charge in [0.1, 0.15) is 12.4 Å². The van der Waals surface area contributed by atoms with Crippen molar-refractivity contribution in [2.75, 3.05) is 5.32 Å². The average Bonchev–Trinajstić information content (AvgIpc) is 3.14. The fourth-order valence-electron chi connectivity index (χ4n) is 2.35. The predicted molar refractivity (Wildman–Crippen MR) is 101 cm³/mol. The van der Waals surface area contributed by atoms with Crippen LogP contribution in [-0.2, 0) is 6.61 Å². The van der Waals surface area contributed by atoms with Crippen molar-refractivity contribution in [2.24, 2.45) is 0 Å². The number of carbonyl (C=O) groups excluding carboxylic acids is 1. The van der Waals surface area contributed by atoms with Gasteiger partial charge in [0.2, 0.25) is 0 Å². The first-order valence-corrected chi connectivity index (χ1v) is 9.07. The van der Waals surface area contributed by atoms with Crippen LogP contribution >= 0.6 is 11.3 Å². The lowest BCUT2D eigenvalue weighted by atomic mass is 10.0. The molecule has 0 atom stereocenters. The van der Waals surface area contributed by atoms with Crippen molar-refractivity contribution in [1.29, 1.82) is 0 Å². The van der Waals surface area contributed by atoms with E-state index in [4.69, 9.17) is 4.74 Å². The van der Waals surface area contributed by atoms with Crippen LogP contribution in [0, 0.1) is 0 Å². The Labute approximate surface area is 151 Å². The lowest BCUT2D eigenvalue weighted by molar-refractivity contribution is 0.102. The zero-order chi connectivity index (χ0) is 17.6. The van der Waals surface area contributed by atoms with Gasteiger partial charge in [0.05, 0.1) is 11.2 Å². The summed E-state index contributed by atoms with van der Waals surface area (Å²) in [6.07, 6.45) is 0. The molecule has 0 radical (unpaired) electrons. The zero-order valence-corrected chi connectivity index (χ0v) is 15.0. The van der Waals surface area contributed by atoms with Gasteiger partial charge in [-0.1, -0.05) is 26.0 Å². The smallest absolute Gasteiger partial charge is 0.255 e. The number of hydrogen-bond acceptors (Lipinski definition) is 4. The summed E-state index contributed by atoms with van der Waals surface area (Å²) in [5.74, 6) is 1.00. The van der Waals surface area contributed by atoms with Gasteiger partial charge in [0.15, 0.2) is 0 Å². The fourth-order valence-corrected chi connectivity index (χ4v) is 2.89. The number of hydrogen-bond donors (Lipinski definition) is 1. The molecule has 5 heteroatoms. The molecule has 0 aliphatic heterocycles. The maximum absolute atomic E-state index is 12.4. The summed E-state index contributed by atoms with van der Waals surface area (Å²) in [6, 6.07) is 15.0. The molecule has 0 saturated carbocycles. The van der Waals surface area contributed by atoms with Gasteiger partial charge in [-0.05, 0) is 47.9 Å². The van der Waals surface area contributed by atoms with Gasteiger partial charge < -0.3 is 10.1 Å². The lowest BCUT2D eigenvalue weighted by Gasteiger charge is -2.10. The van der Waals surface area contributed by atoms with Gasteiger partial charge in [0.25, 0.3) is 5.91 Å². The largest absolute Gasteiger partial charge is 0.487 e. The van der Waals surface area contributed by atoms with Crippen molar-refractivity contribution in [3.63, 3.8) is 0 Å². The molecule has 0 spiro atoms. The van der Waals surface area contributed by atoms with Crippen LogP contribution in [0.5, 0.6) is 5.75 Å². The fraction of sp³-hybridized carbons (Fsp3) is 0.200. The Kier molecular flexibility index (Phi) is 5.46. The number of thiazole rings is 1.